The van der Waals surface area contributed by atoms with Crippen molar-refractivity contribution in [3.8, 4) is 5.75 Å². The second-order valence-electron chi connectivity index (χ2n) is 5.91. The third kappa shape index (κ3) is 2.63. The van der Waals surface area contributed by atoms with Crippen molar-refractivity contribution < 1.29 is 9.84 Å². The van der Waals surface area contributed by atoms with Crippen molar-refractivity contribution in [1.29, 1.82) is 0 Å². The van der Waals surface area contributed by atoms with Crippen LogP contribution in [0.4, 0.5) is 0 Å². The zero-order valence-corrected chi connectivity index (χ0v) is 11.2. The van der Waals surface area contributed by atoms with Gasteiger partial charge >= 0.3 is 0 Å². The van der Waals surface area contributed by atoms with Crippen molar-refractivity contribution in [2.45, 2.75) is 52.2 Å². The van der Waals surface area contributed by atoms with Crippen LogP contribution in [0.1, 0.15) is 50.8 Å². The Morgan fingerprint density at radius 2 is 2.18 bits per heavy atom. The molecule has 0 aliphatic carbocycles. The number of aliphatic hydroxyl groups is 1. The predicted molar refractivity (Wildman–Crippen MR) is 69.2 cm³/mol. The smallest absolute Gasteiger partial charge is 0.125 e. The molecule has 1 heterocycles. The van der Waals surface area contributed by atoms with Crippen molar-refractivity contribution >= 4 is 0 Å². The summed E-state index contributed by atoms with van der Waals surface area (Å²) in [6.07, 6.45) is 1.25. The van der Waals surface area contributed by atoms with Crippen LogP contribution >= 0.6 is 0 Å². The fraction of sp³-hybridized carbons (Fsp3) is 0.600. The summed E-state index contributed by atoms with van der Waals surface area (Å²) in [7, 11) is 0. The molecular weight excluding hydrogens is 212 g/mol. The van der Waals surface area contributed by atoms with Gasteiger partial charge in [-0.15, -0.1) is 0 Å². The number of aliphatic hydroxyl groups excluding tert-OH is 1. The molecule has 1 unspecified atom stereocenters. The van der Waals surface area contributed by atoms with Crippen molar-refractivity contribution in [2.24, 2.45) is 5.92 Å². The van der Waals surface area contributed by atoms with Crippen LogP contribution in [-0.4, -0.2) is 10.7 Å². The van der Waals surface area contributed by atoms with E-state index in [1.54, 1.807) is 0 Å². The van der Waals surface area contributed by atoms with Gasteiger partial charge in [-0.2, -0.15) is 0 Å². The van der Waals surface area contributed by atoms with Gasteiger partial charge in [0.1, 0.15) is 11.4 Å². The molecule has 0 aromatic heterocycles. The molecule has 0 amide bonds. The highest BCUT2D eigenvalue weighted by Crippen LogP contribution is 2.42. The van der Waals surface area contributed by atoms with Crippen molar-refractivity contribution in [1.82, 2.24) is 0 Å². The lowest BCUT2D eigenvalue weighted by Gasteiger charge is -2.39. The molecule has 0 spiro atoms. The maximum atomic E-state index is 10.3. The van der Waals surface area contributed by atoms with Gasteiger partial charge in [0.15, 0.2) is 0 Å². The topological polar surface area (TPSA) is 29.5 Å². The summed E-state index contributed by atoms with van der Waals surface area (Å²) in [5.41, 5.74) is 1.86. The Labute approximate surface area is 104 Å². The van der Waals surface area contributed by atoms with Crippen LogP contribution in [0.2, 0.25) is 0 Å². The Hall–Kier alpha value is -1.02. The molecule has 0 bridgehead atoms. The van der Waals surface area contributed by atoms with Gasteiger partial charge in [-0.1, -0.05) is 25.5 Å². The molecule has 2 nitrogen and oxygen atoms in total. The van der Waals surface area contributed by atoms with Gasteiger partial charge in [-0.3, -0.25) is 0 Å². The van der Waals surface area contributed by atoms with Gasteiger partial charge < -0.3 is 9.84 Å². The molecule has 0 radical (unpaired) electrons. The fourth-order valence-corrected chi connectivity index (χ4v) is 2.84. The summed E-state index contributed by atoms with van der Waals surface area (Å²) in [4.78, 5) is 0. The molecule has 0 fully saturated rings. The van der Waals surface area contributed by atoms with E-state index in [9.17, 15) is 5.11 Å². The number of fused-ring (bicyclic) bond motifs is 1. The van der Waals surface area contributed by atoms with E-state index in [4.69, 9.17) is 4.74 Å². The second kappa shape index (κ2) is 4.34. The van der Waals surface area contributed by atoms with Crippen LogP contribution in [-0.2, 0) is 0 Å². The van der Waals surface area contributed by atoms with E-state index in [1.807, 2.05) is 25.1 Å². The third-order valence-electron chi connectivity index (χ3n) is 3.35. The summed E-state index contributed by atoms with van der Waals surface area (Å²) in [6, 6.07) is 6.03. The van der Waals surface area contributed by atoms with Crippen LogP contribution in [0.5, 0.6) is 5.75 Å². The summed E-state index contributed by atoms with van der Waals surface area (Å²) in [5, 5.41) is 10.3. The highest BCUT2D eigenvalue weighted by molar-refractivity contribution is 5.40. The zero-order chi connectivity index (χ0) is 12.6. The van der Waals surface area contributed by atoms with E-state index >= 15 is 0 Å². The van der Waals surface area contributed by atoms with Gasteiger partial charge in [0.05, 0.1) is 6.10 Å². The first kappa shape index (κ1) is 12.4. The van der Waals surface area contributed by atoms with E-state index in [2.05, 4.69) is 20.8 Å². The lowest BCUT2D eigenvalue weighted by Crippen LogP contribution is -2.39. The SMILES string of the molecule is Cc1ccc2c(c1)[C@@H](O)CC(C)(CC(C)C)O2. The molecular formula is C15H22O2. The van der Waals surface area contributed by atoms with E-state index < -0.39 is 6.10 Å². The number of rotatable bonds is 2. The monoisotopic (exact) mass is 234 g/mol. The molecule has 94 valence electrons. The Morgan fingerprint density at radius 1 is 1.47 bits per heavy atom. The van der Waals surface area contributed by atoms with Crippen LogP contribution < -0.4 is 4.74 Å². The zero-order valence-electron chi connectivity index (χ0n) is 11.2. The van der Waals surface area contributed by atoms with Crippen LogP contribution in [0, 0.1) is 12.8 Å². The summed E-state index contributed by atoms with van der Waals surface area (Å²) < 4.78 is 6.10. The molecule has 17 heavy (non-hydrogen) atoms. The first-order chi connectivity index (χ1) is 7.89. The summed E-state index contributed by atoms with van der Waals surface area (Å²) in [5.74, 6) is 1.41. The van der Waals surface area contributed by atoms with E-state index in [0.717, 1.165) is 17.7 Å². The largest absolute Gasteiger partial charge is 0.487 e. The van der Waals surface area contributed by atoms with Gasteiger partial charge in [0.2, 0.25) is 0 Å². The average Bonchev–Trinajstić information content (AvgIpc) is 2.17. The minimum absolute atomic E-state index is 0.240. The highest BCUT2D eigenvalue weighted by atomic mass is 16.5. The normalized spacial score (nSPS) is 27.8. The molecule has 2 atom stereocenters. The van der Waals surface area contributed by atoms with Crippen LogP contribution in [0.25, 0.3) is 0 Å². The van der Waals surface area contributed by atoms with Gasteiger partial charge in [-0.25, -0.2) is 0 Å². The van der Waals surface area contributed by atoms with Crippen LogP contribution in [0.15, 0.2) is 18.2 Å². The molecule has 2 heteroatoms. The average molecular weight is 234 g/mol. The Kier molecular flexibility index (Phi) is 3.17. The number of benzene rings is 1. The van der Waals surface area contributed by atoms with Crippen molar-refractivity contribution in [3.63, 3.8) is 0 Å². The van der Waals surface area contributed by atoms with Crippen molar-refractivity contribution in [2.75, 3.05) is 0 Å². The summed E-state index contributed by atoms with van der Waals surface area (Å²) >= 11 is 0. The first-order valence-electron chi connectivity index (χ1n) is 6.37. The number of ether oxygens (including phenoxy) is 1. The first-order valence-corrected chi connectivity index (χ1v) is 6.37. The lowest BCUT2D eigenvalue weighted by molar-refractivity contribution is -0.0144. The lowest BCUT2D eigenvalue weighted by atomic mass is 9.84. The molecule has 1 N–H and O–H groups in total. The summed E-state index contributed by atoms with van der Waals surface area (Å²) in [6.45, 7) is 8.51. The van der Waals surface area contributed by atoms with Gasteiger partial charge in [0, 0.05) is 12.0 Å². The minimum atomic E-state index is -0.401. The quantitative estimate of drug-likeness (QED) is 0.847. The van der Waals surface area contributed by atoms with Crippen LogP contribution in [0.3, 0.4) is 0 Å². The molecule has 2 rings (SSSR count). The Bertz CT molecular complexity index is 411. The number of hydrogen-bond acceptors (Lipinski definition) is 2. The highest BCUT2D eigenvalue weighted by Gasteiger charge is 2.36. The number of hydrogen-bond donors (Lipinski definition) is 1. The molecule has 1 aromatic carbocycles. The minimum Gasteiger partial charge on any atom is -0.487 e. The second-order valence-corrected chi connectivity index (χ2v) is 5.91. The van der Waals surface area contributed by atoms with Crippen molar-refractivity contribution in [3.05, 3.63) is 29.3 Å². The molecule has 1 aromatic rings. The van der Waals surface area contributed by atoms with Gasteiger partial charge in [0.25, 0.3) is 0 Å². The van der Waals surface area contributed by atoms with E-state index in [1.165, 1.54) is 5.56 Å². The molecule has 0 saturated carbocycles. The fourth-order valence-electron chi connectivity index (χ4n) is 2.84. The molecule has 1 aliphatic heterocycles. The standard InChI is InChI=1S/C15H22O2/c1-10(2)8-15(4)9-13(16)12-7-11(3)5-6-14(12)17-15/h5-7,10,13,16H,8-9H2,1-4H3/t13-,15?/m0/s1. The Morgan fingerprint density at radius 3 is 2.82 bits per heavy atom. The molecule has 1 aliphatic rings. The van der Waals surface area contributed by atoms with Gasteiger partial charge in [-0.05, 0) is 38.3 Å². The van der Waals surface area contributed by atoms with E-state index in [-0.39, 0.29) is 5.60 Å². The maximum absolute atomic E-state index is 10.3. The third-order valence-corrected chi connectivity index (χ3v) is 3.35. The molecule has 0 saturated heterocycles. The Balaban J connectivity index is 2.30. The van der Waals surface area contributed by atoms with E-state index in [0.29, 0.717) is 12.3 Å². The predicted octanol–water partition coefficient (Wildman–Crippen LogP) is 3.62. The number of aryl methyl sites for hydroxylation is 1. The maximum Gasteiger partial charge on any atom is 0.125 e.